The molecule has 2 rings (SSSR count). The average molecular weight is 229 g/mol. The van der Waals surface area contributed by atoms with Gasteiger partial charge in [-0.25, -0.2) is 9.97 Å². The Kier molecular flexibility index (Phi) is 4.05. The average Bonchev–Trinajstić information content (AvgIpc) is 2.41. The van der Waals surface area contributed by atoms with Gasteiger partial charge < -0.3 is 10.6 Å². The van der Waals surface area contributed by atoms with Crippen LogP contribution in [0.5, 0.6) is 0 Å². The van der Waals surface area contributed by atoms with Crippen LogP contribution in [0.25, 0.3) is 0 Å². The van der Waals surface area contributed by atoms with E-state index in [1.165, 1.54) is 11.8 Å². The van der Waals surface area contributed by atoms with Gasteiger partial charge in [0, 0.05) is 13.1 Å². The molecule has 2 heterocycles. The van der Waals surface area contributed by atoms with Crippen LogP contribution in [-0.4, -0.2) is 29.6 Å². The summed E-state index contributed by atoms with van der Waals surface area (Å²) < 4.78 is 0. The van der Waals surface area contributed by atoms with E-state index in [1.54, 1.807) is 6.20 Å². The van der Waals surface area contributed by atoms with Crippen molar-refractivity contribution in [3.8, 4) is 6.07 Å². The third kappa shape index (κ3) is 3.54. The summed E-state index contributed by atoms with van der Waals surface area (Å²) in [6.45, 7) is 2.90. The van der Waals surface area contributed by atoms with Crippen molar-refractivity contribution in [1.29, 1.82) is 5.26 Å². The molecule has 1 aliphatic rings. The van der Waals surface area contributed by atoms with E-state index in [-0.39, 0.29) is 0 Å². The number of hydrogen-bond donors (Lipinski definition) is 2. The molecule has 1 aromatic rings. The van der Waals surface area contributed by atoms with Gasteiger partial charge in [-0.05, 0) is 19.4 Å². The molecule has 2 N–H and O–H groups in total. The number of anilines is 1. The zero-order valence-electron chi connectivity index (χ0n) is 9.61. The van der Waals surface area contributed by atoms with Gasteiger partial charge in [0.25, 0.3) is 0 Å². The van der Waals surface area contributed by atoms with E-state index < -0.39 is 0 Å². The highest BCUT2D eigenvalue weighted by molar-refractivity contribution is 5.33. The Hall–Kier alpha value is -1.93. The smallest absolute Gasteiger partial charge is 0.158 e. The van der Waals surface area contributed by atoms with E-state index in [0.29, 0.717) is 5.69 Å². The first-order valence-electron chi connectivity index (χ1n) is 5.73. The molecule has 5 nitrogen and oxygen atoms in total. The molecule has 88 valence electrons. The van der Waals surface area contributed by atoms with Gasteiger partial charge in [0.1, 0.15) is 11.9 Å². The number of nitrogens with zero attached hydrogens (tertiary/aromatic N) is 3. The molecule has 0 amide bonds. The second kappa shape index (κ2) is 5.97. The molecule has 0 aliphatic carbocycles. The van der Waals surface area contributed by atoms with Crippen molar-refractivity contribution in [2.24, 2.45) is 0 Å². The van der Waals surface area contributed by atoms with Gasteiger partial charge >= 0.3 is 0 Å². The van der Waals surface area contributed by atoms with Crippen LogP contribution < -0.4 is 10.6 Å². The minimum atomic E-state index is 0.344. The molecule has 0 radical (unpaired) electrons. The maximum Gasteiger partial charge on any atom is 0.158 e. The Morgan fingerprint density at radius 3 is 3.00 bits per heavy atom. The largest absolute Gasteiger partial charge is 0.368 e. The molecule has 0 fully saturated rings. The summed E-state index contributed by atoms with van der Waals surface area (Å²) >= 11 is 0. The second-order valence-electron chi connectivity index (χ2n) is 3.89. The van der Waals surface area contributed by atoms with E-state index in [2.05, 4.69) is 26.7 Å². The molecule has 0 saturated heterocycles. The van der Waals surface area contributed by atoms with Crippen molar-refractivity contribution >= 4 is 5.82 Å². The van der Waals surface area contributed by atoms with Gasteiger partial charge in [-0.15, -0.1) is 0 Å². The summed E-state index contributed by atoms with van der Waals surface area (Å²) in [5.41, 5.74) is 1.83. The van der Waals surface area contributed by atoms with Crippen molar-refractivity contribution in [3.63, 3.8) is 0 Å². The summed E-state index contributed by atoms with van der Waals surface area (Å²) in [5.74, 6) is 0.721. The molecule has 1 aromatic heterocycles. The Morgan fingerprint density at radius 2 is 2.35 bits per heavy atom. The molecule has 0 saturated carbocycles. The number of rotatable bonds is 4. The molecule has 5 heteroatoms. The van der Waals surface area contributed by atoms with Crippen molar-refractivity contribution in [1.82, 2.24) is 15.3 Å². The molecular weight excluding hydrogens is 214 g/mol. The van der Waals surface area contributed by atoms with Crippen LogP contribution >= 0.6 is 0 Å². The number of hydrogen-bond acceptors (Lipinski definition) is 5. The minimum Gasteiger partial charge on any atom is -0.368 e. The predicted octanol–water partition coefficient (Wildman–Crippen LogP) is 1.07. The van der Waals surface area contributed by atoms with Gasteiger partial charge in [0.2, 0.25) is 0 Å². The fourth-order valence-electron chi connectivity index (χ4n) is 1.72. The Balaban J connectivity index is 1.77. The van der Waals surface area contributed by atoms with E-state index >= 15 is 0 Å². The maximum atomic E-state index is 8.59. The number of nitriles is 1. The van der Waals surface area contributed by atoms with Crippen molar-refractivity contribution in [3.05, 3.63) is 29.7 Å². The molecule has 0 unspecified atom stereocenters. The van der Waals surface area contributed by atoms with E-state index in [0.717, 1.165) is 38.3 Å². The Bertz CT molecular complexity index is 429. The lowest BCUT2D eigenvalue weighted by Gasteiger charge is -2.14. The van der Waals surface area contributed by atoms with Gasteiger partial charge in [-0.2, -0.15) is 5.26 Å². The third-order valence-electron chi connectivity index (χ3n) is 2.68. The van der Waals surface area contributed by atoms with Crippen LogP contribution in [0, 0.1) is 11.3 Å². The molecule has 0 spiro atoms. The molecular formula is C12H15N5. The minimum absolute atomic E-state index is 0.344. The quantitative estimate of drug-likeness (QED) is 0.755. The first-order chi connectivity index (χ1) is 8.38. The Labute approximate surface area is 101 Å². The van der Waals surface area contributed by atoms with E-state index in [9.17, 15) is 0 Å². The van der Waals surface area contributed by atoms with Crippen molar-refractivity contribution in [2.45, 2.75) is 12.8 Å². The van der Waals surface area contributed by atoms with Crippen LogP contribution in [0.15, 0.2) is 24.0 Å². The zero-order chi connectivity index (χ0) is 11.9. The Morgan fingerprint density at radius 1 is 1.41 bits per heavy atom. The monoisotopic (exact) mass is 229 g/mol. The van der Waals surface area contributed by atoms with Crippen LogP contribution in [0.3, 0.4) is 0 Å². The van der Waals surface area contributed by atoms with Gasteiger partial charge in [0.05, 0.1) is 12.4 Å². The van der Waals surface area contributed by atoms with Crippen molar-refractivity contribution < 1.29 is 0 Å². The summed E-state index contributed by atoms with van der Waals surface area (Å²) in [6.07, 6.45) is 7.47. The maximum absolute atomic E-state index is 8.59. The highest BCUT2D eigenvalue weighted by Crippen LogP contribution is 2.09. The first kappa shape index (κ1) is 11.6. The summed E-state index contributed by atoms with van der Waals surface area (Å²) in [6, 6.07) is 1.94. The fourth-order valence-corrected chi connectivity index (χ4v) is 1.72. The lowest BCUT2D eigenvalue weighted by Crippen LogP contribution is -2.21. The molecule has 0 atom stereocenters. The number of nitrogens with one attached hydrogen (secondary N) is 2. The molecule has 1 aliphatic heterocycles. The first-order valence-corrected chi connectivity index (χ1v) is 5.73. The molecule has 0 aromatic carbocycles. The lowest BCUT2D eigenvalue weighted by atomic mass is 10.1. The van der Waals surface area contributed by atoms with Crippen LogP contribution in [-0.2, 0) is 0 Å². The van der Waals surface area contributed by atoms with Crippen LogP contribution in [0.4, 0.5) is 5.82 Å². The summed E-state index contributed by atoms with van der Waals surface area (Å²) in [7, 11) is 0. The normalized spacial score (nSPS) is 14.9. The number of aromatic nitrogens is 2. The van der Waals surface area contributed by atoms with Gasteiger partial charge in [0.15, 0.2) is 5.69 Å². The third-order valence-corrected chi connectivity index (χ3v) is 2.68. The predicted molar refractivity (Wildman–Crippen MR) is 65.4 cm³/mol. The van der Waals surface area contributed by atoms with Gasteiger partial charge in [-0.3, -0.25) is 0 Å². The molecule has 17 heavy (non-hydrogen) atoms. The summed E-state index contributed by atoms with van der Waals surface area (Å²) in [4.78, 5) is 8.06. The highest BCUT2D eigenvalue weighted by Gasteiger charge is 2.02. The highest BCUT2D eigenvalue weighted by atomic mass is 15.0. The summed E-state index contributed by atoms with van der Waals surface area (Å²) in [5, 5.41) is 15.1. The van der Waals surface area contributed by atoms with Crippen LogP contribution in [0.2, 0.25) is 0 Å². The standard InChI is InChI=1S/C12H15N5/c13-7-11-8-17-12(9-16-11)15-6-3-10-1-4-14-5-2-10/h1,8-9,14H,2-6H2,(H,15,17). The fraction of sp³-hybridized carbons (Fsp3) is 0.417. The molecule has 0 bridgehead atoms. The van der Waals surface area contributed by atoms with Gasteiger partial charge in [-0.1, -0.05) is 11.6 Å². The lowest BCUT2D eigenvalue weighted by molar-refractivity contribution is 0.683. The van der Waals surface area contributed by atoms with E-state index in [4.69, 9.17) is 5.26 Å². The SMILES string of the molecule is N#Cc1cnc(NCCC2=CCNCC2)cn1. The van der Waals surface area contributed by atoms with E-state index in [1.807, 2.05) is 6.07 Å². The van der Waals surface area contributed by atoms with Crippen molar-refractivity contribution in [2.75, 3.05) is 25.0 Å². The topological polar surface area (TPSA) is 73.6 Å². The second-order valence-corrected chi connectivity index (χ2v) is 3.89. The zero-order valence-corrected chi connectivity index (χ0v) is 9.61. The van der Waals surface area contributed by atoms with Crippen LogP contribution in [0.1, 0.15) is 18.5 Å².